The van der Waals surface area contributed by atoms with E-state index in [4.69, 9.17) is 4.42 Å². The van der Waals surface area contributed by atoms with Gasteiger partial charge in [0.2, 0.25) is 0 Å². The van der Waals surface area contributed by atoms with E-state index in [1.54, 1.807) is 6.26 Å². The van der Waals surface area contributed by atoms with E-state index in [2.05, 4.69) is 83.5 Å². The van der Waals surface area contributed by atoms with Gasteiger partial charge in [-0.2, -0.15) is 0 Å². The second kappa shape index (κ2) is 9.49. The molecule has 0 unspecified atom stereocenters. The fraction of sp³-hybridized carbons (Fsp3) is 0.172. The molecule has 2 aromatic heterocycles. The fourth-order valence-electron chi connectivity index (χ4n) is 4.50. The highest BCUT2D eigenvalue weighted by atomic mass is 16.3. The van der Waals surface area contributed by atoms with Crippen LogP contribution in [0.15, 0.2) is 102 Å². The minimum absolute atomic E-state index is 0.473. The Labute approximate surface area is 194 Å². The van der Waals surface area contributed by atoms with Crippen molar-refractivity contribution in [2.24, 2.45) is 0 Å². The normalized spacial score (nSPS) is 12.3. The highest BCUT2D eigenvalue weighted by molar-refractivity contribution is 6.04. The molecule has 5 rings (SSSR count). The van der Waals surface area contributed by atoms with Crippen LogP contribution in [0.1, 0.15) is 11.3 Å². The molecule has 5 aromatic rings. The van der Waals surface area contributed by atoms with Crippen molar-refractivity contribution in [1.29, 1.82) is 0 Å². The molecule has 0 bridgehead atoms. The summed E-state index contributed by atoms with van der Waals surface area (Å²) >= 11 is 0. The molecule has 4 nitrogen and oxygen atoms in total. The molecule has 0 aliphatic rings. The zero-order valence-electron chi connectivity index (χ0n) is 18.7. The molecule has 0 spiro atoms. The van der Waals surface area contributed by atoms with Crippen LogP contribution in [-0.2, 0) is 13.1 Å². The maximum atomic E-state index is 11.0. The Balaban J connectivity index is 1.58. The molecule has 0 saturated carbocycles. The summed E-state index contributed by atoms with van der Waals surface area (Å²) in [6.07, 6.45) is 1.11. The first kappa shape index (κ1) is 21.3. The number of aliphatic hydroxyl groups is 1. The topological polar surface area (TPSA) is 50.3 Å². The van der Waals surface area contributed by atoms with Gasteiger partial charge in [-0.3, -0.25) is 0 Å². The lowest BCUT2D eigenvalue weighted by Gasteiger charge is -2.17. The summed E-state index contributed by atoms with van der Waals surface area (Å²) in [6.45, 7) is 3.68. The first-order chi connectivity index (χ1) is 16.2. The molecule has 0 amide bonds. The van der Waals surface area contributed by atoms with Crippen molar-refractivity contribution in [2.75, 3.05) is 6.54 Å². The lowest BCUT2D eigenvalue weighted by Crippen LogP contribution is -2.30. The summed E-state index contributed by atoms with van der Waals surface area (Å²) in [4.78, 5) is 0. The molecular weight excluding hydrogens is 408 g/mol. The second-order valence-corrected chi connectivity index (χ2v) is 8.45. The molecule has 0 saturated heterocycles. The number of aryl methyl sites for hydroxylation is 1. The van der Waals surface area contributed by atoms with Crippen LogP contribution in [0.25, 0.3) is 33.3 Å². The largest absolute Gasteiger partial charge is 0.468 e. The van der Waals surface area contributed by atoms with Crippen LogP contribution >= 0.6 is 0 Å². The van der Waals surface area contributed by atoms with E-state index in [1.165, 1.54) is 22.1 Å². The number of fused-ring (bicyclic) bond motifs is 1. The third kappa shape index (κ3) is 4.49. The highest BCUT2D eigenvalue weighted by Gasteiger charge is 2.21. The quantitative estimate of drug-likeness (QED) is 0.312. The van der Waals surface area contributed by atoms with Crippen molar-refractivity contribution >= 4 is 10.9 Å². The van der Waals surface area contributed by atoms with E-state index in [1.807, 2.05) is 24.3 Å². The molecular formula is C29H28N2O2. The summed E-state index contributed by atoms with van der Waals surface area (Å²) in [7, 11) is 0. The van der Waals surface area contributed by atoms with Crippen LogP contribution < -0.4 is 5.32 Å². The van der Waals surface area contributed by atoms with E-state index in [0.29, 0.717) is 19.6 Å². The number of hydrogen-bond acceptors (Lipinski definition) is 3. The molecule has 2 heterocycles. The minimum atomic E-state index is -0.553. The van der Waals surface area contributed by atoms with Crippen molar-refractivity contribution in [3.8, 4) is 22.4 Å². The zero-order chi connectivity index (χ0) is 22.6. The Morgan fingerprint density at radius 2 is 1.61 bits per heavy atom. The smallest absolute Gasteiger partial charge is 0.117 e. The second-order valence-electron chi connectivity index (χ2n) is 8.45. The van der Waals surface area contributed by atoms with E-state index in [9.17, 15) is 5.11 Å². The van der Waals surface area contributed by atoms with Gasteiger partial charge >= 0.3 is 0 Å². The van der Waals surface area contributed by atoms with Gasteiger partial charge in [0.15, 0.2) is 0 Å². The summed E-state index contributed by atoms with van der Waals surface area (Å²) in [5.41, 5.74) is 7.00. The number of aromatic nitrogens is 1. The minimum Gasteiger partial charge on any atom is -0.468 e. The van der Waals surface area contributed by atoms with Gasteiger partial charge in [0.1, 0.15) is 5.76 Å². The van der Waals surface area contributed by atoms with E-state index >= 15 is 0 Å². The Kier molecular flexibility index (Phi) is 6.11. The molecule has 0 fully saturated rings. The molecule has 4 heteroatoms. The van der Waals surface area contributed by atoms with E-state index in [0.717, 1.165) is 22.5 Å². The third-order valence-corrected chi connectivity index (χ3v) is 5.98. The van der Waals surface area contributed by atoms with Crippen LogP contribution in [0.3, 0.4) is 0 Å². The molecule has 166 valence electrons. The lowest BCUT2D eigenvalue weighted by atomic mass is 9.98. The van der Waals surface area contributed by atoms with E-state index < -0.39 is 6.10 Å². The number of benzene rings is 3. The van der Waals surface area contributed by atoms with Gasteiger partial charge in [-0.05, 0) is 42.3 Å². The number of nitrogens with one attached hydrogen (secondary N) is 1. The molecule has 1 atom stereocenters. The van der Waals surface area contributed by atoms with Crippen LogP contribution in [0.5, 0.6) is 0 Å². The number of rotatable bonds is 8. The van der Waals surface area contributed by atoms with Gasteiger partial charge in [0, 0.05) is 23.0 Å². The maximum absolute atomic E-state index is 11.0. The Morgan fingerprint density at radius 3 is 2.30 bits per heavy atom. The summed E-state index contributed by atoms with van der Waals surface area (Å²) in [5, 5.41) is 15.5. The molecule has 33 heavy (non-hydrogen) atoms. The standard InChI is InChI=1S/C29H28N2O2/c1-21-14-15-27-26(17-21)28(22-9-4-2-5-10-22)29(23-11-6-3-7-12-23)31(27)20-24(32)18-30-19-25-13-8-16-33-25/h2-17,24,30,32H,18-20H2,1H3/t24-/m0/s1. The molecule has 2 N–H and O–H groups in total. The average Bonchev–Trinajstić information content (AvgIpc) is 3.46. The summed E-state index contributed by atoms with van der Waals surface area (Å²) < 4.78 is 7.65. The maximum Gasteiger partial charge on any atom is 0.117 e. The van der Waals surface area contributed by atoms with Crippen LogP contribution in [0, 0.1) is 6.92 Å². The lowest BCUT2D eigenvalue weighted by molar-refractivity contribution is 0.152. The average molecular weight is 437 g/mol. The number of aliphatic hydroxyl groups excluding tert-OH is 1. The van der Waals surface area contributed by atoms with Gasteiger partial charge in [-0.1, -0.05) is 72.3 Å². The van der Waals surface area contributed by atoms with Gasteiger partial charge in [0.05, 0.1) is 31.2 Å². The first-order valence-corrected chi connectivity index (χ1v) is 11.4. The Morgan fingerprint density at radius 1 is 0.879 bits per heavy atom. The monoisotopic (exact) mass is 436 g/mol. The predicted molar refractivity (Wildman–Crippen MR) is 134 cm³/mol. The number of furan rings is 1. The molecule has 0 radical (unpaired) electrons. The molecule has 3 aromatic carbocycles. The Bertz CT molecular complexity index is 1320. The van der Waals surface area contributed by atoms with Crippen molar-refractivity contribution < 1.29 is 9.52 Å². The van der Waals surface area contributed by atoms with Crippen LogP contribution in [-0.4, -0.2) is 22.3 Å². The number of nitrogens with zero attached hydrogens (tertiary/aromatic N) is 1. The summed E-state index contributed by atoms with van der Waals surface area (Å²) in [6, 6.07) is 31.4. The highest BCUT2D eigenvalue weighted by Crippen LogP contribution is 2.41. The molecule has 0 aliphatic carbocycles. The Hall–Kier alpha value is -3.60. The van der Waals surface area contributed by atoms with Crippen molar-refractivity contribution in [3.63, 3.8) is 0 Å². The van der Waals surface area contributed by atoms with E-state index in [-0.39, 0.29) is 0 Å². The van der Waals surface area contributed by atoms with Gasteiger partial charge < -0.3 is 19.4 Å². The van der Waals surface area contributed by atoms with Crippen molar-refractivity contribution in [3.05, 3.63) is 109 Å². The zero-order valence-corrected chi connectivity index (χ0v) is 18.7. The van der Waals surface area contributed by atoms with Crippen molar-refractivity contribution in [1.82, 2.24) is 9.88 Å². The third-order valence-electron chi connectivity index (χ3n) is 5.98. The van der Waals surface area contributed by atoms with Crippen LogP contribution in [0.2, 0.25) is 0 Å². The SMILES string of the molecule is Cc1ccc2c(c1)c(-c1ccccc1)c(-c1ccccc1)n2C[C@@H](O)CNCc1ccco1. The van der Waals surface area contributed by atoms with Crippen LogP contribution in [0.4, 0.5) is 0 Å². The molecule has 0 aliphatic heterocycles. The number of hydrogen-bond donors (Lipinski definition) is 2. The van der Waals surface area contributed by atoms with Gasteiger partial charge in [-0.25, -0.2) is 0 Å². The van der Waals surface area contributed by atoms with Crippen molar-refractivity contribution in [2.45, 2.75) is 26.1 Å². The fourth-order valence-corrected chi connectivity index (χ4v) is 4.50. The predicted octanol–water partition coefficient (Wildman–Crippen LogP) is 6.03. The summed E-state index contributed by atoms with van der Waals surface area (Å²) in [5.74, 6) is 0.862. The first-order valence-electron chi connectivity index (χ1n) is 11.4. The van der Waals surface area contributed by atoms with Gasteiger partial charge in [0.25, 0.3) is 0 Å². The van der Waals surface area contributed by atoms with Gasteiger partial charge in [-0.15, -0.1) is 0 Å².